The molecular formula is C12H16O4. The molecule has 16 heavy (non-hydrogen) atoms. The molecule has 0 saturated heterocycles. The third kappa shape index (κ3) is 4.89. The van der Waals surface area contributed by atoms with Crippen LogP contribution >= 0.6 is 0 Å². The molecule has 4 nitrogen and oxygen atoms in total. The highest BCUT2D eigenvalue weighted by atomic mass is 16.5. The zero-order valence-electron chi connectivity index (χ0n) is 9.26. The summed E-state index contributed by atoms with van der Waals surface area (Å²) in [4.78, 5) is 22.5. The van der Waals surface area contributed by atoms with Crippen LogP contribution in [-0.2, 0) is 14.3 Å². The Labute approximate surface area is 94.6 Å². The number of rotatable bonds is 0. The van der Waals surface area contributed by atoms with Crippen molar-refractivity contribution < 1.29 is 19.4 Å². The maximum atomic E-state index is 11.3. The fourth-order valence-electron chi connectivity index (χ4n) is 1.36. The van der Waals surface area contributed by atoms with Crippen molar-refractivity contribution in [3.05, 3.63) is 24.3 Å². The van der Waals surface area contributed by atoms with Crippen molar-refractivity contribution in [2.24, 2.45) is 0 Å². The van der Waals surface area contributed by atoms with Gasteiger partial charge in [0.1, 0.15) is 6.10 Å². The van der Waals surface area contributed by atoms with Gasteiger partial charge in [-0.3, -0.25) is 9.59 Å². The highest BCUT2D eigenvalue weighted by Gasteiger charge is 2.13. The van der Waals surface area contributed by atoms with Crippen LogP contribution in [0.5, 0.6) is 0 Å². The van der Waals surface area contributed by atoms with E-state index in [0.29, 0.717) is 6.42 Å². The van der Waals surface area contributed by atoms with Crippen LogP contribution in [-0.4, -0.2) is 29.1 Å². The second kappa shape index (κ2) is 6.23. The second-order valence-electron chi connectivity index (χ2n) is 3.81. The number of carbonyl (C=O) groups is 2. The quantitative estimate of drug-likeness (QED) is 0.495. The Morgan fingerprint density at radius 1 is 1.38 bits per heavy atom. The molecule has 0 aromatic carbocycles. The van der Waals surface area contributed by atoms with Gasteiger partial charge in [-0.1, -0.05) is 18.2 Å². The zero-order chi connectivity index (χ0) is 12.0. The van der Waals surface area contributed by atoms with E-state index in [1.165, 1.54) is 12.2 Å². The lowest BCUT2D eigenvalue weighted by Gasteiger charge is -2.12. The molecule has 0 spiro atoms. The van der Waals surface area contributed by atoms with Crippen molar-refractivity contribution >= 4 is 11.8 Å². The lowest BCUT2D eigenvalue weighted by molar-refractivity contribution is -0.149. The molecule has 0 aliphatic carbocycles. The largest absolute Gasteiger partial charge is 0.462 e. The summed E-state index contributed by atoms with van der Waals surface area (Å²) in [5, 5.41) is 9.42. The van der Waals surface area contributed by atoms with Gasteiger partial charge in [-0.15, -0.1) is 0 Å². The van der Waals surface area contributed by atoms with E-state index in [9.17, 15) is 14.7 Å². The minimum atomic E-state index is -0.879. The molecule has 4 heteroatoms. The van der Waals surface area contributed by atoms with Crippen molar-refractivity contribution in [1.82, 2.24) is 0 Å². The van der Waals surface area contributed by atoms with Crippen molar-refractivity contribution in [2.75, 3.05) is 0 Å². The minimum Gasteiger partial charge on any atom is -0.462 e. The molecule has 1 aliphatic heterocycles. The van der Waals surface area contributed by atoms with E-state index in [1.54, 1.807) is 19.1 Å². The normalized spacial score (nSPS) is 32.1. The van der Waals surface area contributed by atoms with Gasteiger partial charge in [0.15, 0.2) is 5.78 Å². The van der Waals surface area contributed by atoms with Crippen LogP contribution in [0.2, 0.25) is 0 Å². The molecule has 1 rings (SSSR count). The number of cyclic esters (lactones) is 1. The highest BCUT2D eigenvalue weighted by molar-refractivity contribution is 5.90. The van der Waals surface area contributed by atoms with E-state index in [2.05, 4.69) is 0 Å². The number of hydrogen-bond donors (Lipinski definition) is 1. The smallest absolute Gasteiger partial charge is 0.309 e. The van der Waals surface area contributed by atoms with E-state index >= 15 is 0 Å². The number of aliphatic hydroxyl groups is 1. The molecule has 0 amide bonds. The van der Waals surface area contributed by atoms with Gasteiger partial charge in [0.2, 0.25) is 0 Å². The first kappa shape index (κ1) is 12.6. The Kier molecular flexibility index (Phi) is 4.92. The van der Waals surface area contributed by atoms with Gasteiger partial charge in [0.05, 0.1) is 12.5 Å². The van der Waals surface area contributed by atoms with Crippen LogP contribution in [0.1, 0.15) is 26.2 Å². The van der Waals surface area contributed by atoms with Crippen LogP contribution < -0.4 is 0 Å². The minimum absolute atomic E-state index is 0.0254. The molecule has 0 aromatic heterocycles. The Bertz CT molecular complexity index is 317. The number of hydrogen-bond acceptors (Lipinski definition) is 4. The third-order valence-electron chi connectivity index (χ3n) is 2.16. The lowest BCUT2D eigenvalue weighted by Crippen LogP contribution is -2.19. The number of aliphatic hydroxyl groups excluding tert-OH is 1. The fourth-order valence-corrected chi connectivity index (χ4v) is 1.36. The number of carbonyl (C=O) groups excluding carboxylic acids is 2. The summed E-state index contributed by atoms with van der Waals surface area (Å²) >= 11 is 0. The molecule has 1 heterocycles. The summed E-state index contributed by atoms with van der Waals surface area (Å²) in [7, 11) is 0. The average molecular weight is 224 g/mol. The van der Waals surface area contributed by atoms with Crippen molar-refractivity contribution in [1.29, 1.82) is 0 Å². The highest BCUT2D eigenvalue weighted by Crippen LogP contribution is 2.06. The van der Waals surface area contributed by atoms with Gasteiger partial charge in [-0.05, 0) is 13.0 Å². The number of ether oxygens (including phenoxy) is 1. The molecule has 2 atom stereocenters. The molecule has 0 unspecified atom stereocenters. The predicted octanol–water partition coefficient (Wildman–Crippen LogP) is 1.14. The van der Waals surface area contributed by atoms with E-state index < -0.39 is 12.1 Å². The first-order chi connectivity index (χ1) is 7.58. The van der Waals surface area contributed by atoms with Gasteiger partial charge >= 0.3 is 5.97 Å². The van der Waals surface area contributed by atoms with Crippen LogP contribution in [0.3, 0.4) is 0 Å². The Morgan fingerprint density at radius 2 is 2.12 bits per heavy atom. The summed E-state index contributed by atoms with van der Waals surface area (Å²) in [6, 6.07) is 0. The molecule has 1 aliphatic rings. The van der Waals surface area contributed by atoms with Crippen molar-refractivity contribution in [3.8, 4) is 0 Å². The fraction of sp³-hybridized carbons (Fsp3) is 0.500. The number of ketones is 1. The molecule has 0 aromatic rings. The molecule has 88 valence electrons. The van der Waals surface area contributed by atoms with E-state index in [-0.39, 0.29) is 24.7 Å². The van der Waals surface area contributed by atoms with Gasteiger partial charge in [0, 0.05) is 12.8 Å². The van der Waals surface area contributed by atoms with Crippen LogP contribution in [0.25, 0.3) is 0 Å². The Hall–Kier alpha value is -1.42. The van der Waals surface area contributed by atoms with Gasteiger partial charge in [-0.25, -0.2) is 0 Å². The van der Waals surface area contributed by atoms with Crippen LogP contribution in [0.15, 0.2) is 24.3 Å². The first-order valence-corrected chi connectivity index (χ1v) is 5.31. The second-order valence-corrected chi connectivity index (χ2v) is 3.81. The molecule has 1 N–H and O–H groups in total. The summed E-state index contributed by atoms with van der Waals surface area (Å²) in [6.45, 7) is 1.75. The SMILES string of the molecule is C[C@@H]1C/C=C/C(=O)C/C=C/[C@H](O)CC(=O)O1. The molecule has 0 fully saturated rings. The lowest BCUT2D eigenvalue weighted by atomic mass is 10.1. The summed E-state index contributed by atoms with van der Waals surface area (Å²) in [5.74, 6) is -0.451. The predicted molar refractivity (Wildman–Crippen MR) is 58.7 cm³/mol. The van der Waals surface area contributed by atoms with Crippen LogP contribution in [0, 0.1) is 0 Å². The molecule has 0 radical (unpaired) electrons. The Balaban J connectivity index is 2.67. The molecule has 0 saturated carbocycles. The summed E-state index contributed by atoms with van der Waals surface area (Å²) in [5.41, 5.74) is 0. The first-order valence-electron chi connectivity index (χ1n) is 5.31. The Morgan fingerprint density at radius 3 is 2.88 bits per heavy atom. The van der Waals surface area contributed by atoms with Gasteiger partial charge in [-0.2, -0.15) is 0 Å². The topological polar surface area (TPSA) is 63.6 Å². The maximum absolute atomic E-state index is 11.3. The van der Waals surface area contributed by atoms with Crippen LogP contribution in [0.4, 0.5) is 0 Å². The number of esters is 1. The average Bonchev–Trinajstić information content (AvgIpc) is 2.15. The van der Waals surface area contributed by atoms with Crippen molar-refractivity contribution in [2.45, 2.75) is 38.4 Å². The van der Waals surface area contributed by atoms with E-state index in [0.717, 1.165) is 0 Å². The van der Waals surface area contributed by atoms with Gasteiger partial charge < -0.3 is 9.84 Å². The molecule has 0 bridgehead atoms. The van der Waals surface area contributed by atoms with E-state index in [1.807, 2.05) is 0 Å². The zero-order valence-corrected chi connectivity index (χ0v) is 9.26. The third-order valence-corrected chi connectivity index (χ3v) is 2.16. The number of allylic oxidation sites excluding steroid dienone is 2. The van der Waals surface area contributed by atoms with Gasteiger partial charge in [0.25, 0.3) is 0 Å². The summed E-state index contributed by atoms with van der Waals surface area (Å²) < 4.78 is 5.03. The molecular weight excluding hydrogens is 208 g/mol. The van der Waals surface area contributed by atoms with E-state index in [4.69, 9.17) is 4.74 Å². The standard InChI is InChI=1S/C12H16O4/c1-9-4-2-5-10(13)6-3-7-11(14)8-12(15)16-9/h2-3,5,7,9,11,14H,4,6,8H2,1H3/b5-2+,7-3+/t9-,11+/m1/s1. The maximum Gasteiger partial charge on any atom is 0.309 e. The summed E-state index contributed by atoms with van der Waals surface area (Å²) in [6.07, 6.45) is 5.72. The van der Waals surface area contributed by atoms with Crippen molar-refractivity contribution in [3.63, 3.8) is 0 Å². The monoisotopic (exact) mass is 224 g/mol.